The van der Waals surface area contributed by atoms with Gasteiger partial charge in [-0.25, -0.2) is 9.97 Å². The topological polar surface area (TPSA) is 30.7 Å². The molecule has 0 unspecified atom stereocenters. The summed E-state index contributed by atoms with van der Waals surface area (Å²) in [6.45, 7) is 0. The van der Waals surface area contributed by atoms with Crippen LogP contribution in [0.1, 0.15) is 22.3 Å². The molecule has 0 saturated carbocycles. The second kappa shape index (κ2) is 11.8. The minimum absolute atomic E-state index is 0.457. The van der Waals surface area contributed by atoms with Crippen molar-refractivity contribution < 1.29 is 0 Å². The van der Waals surface area contributed by atoms with Gasteiger partial charge < -0.3 is 0 Å². The van der Waals surface area contributed by atoms with Gasteiger partial charge in [-0.3, -0.25) is 4.57 Å². The first kappa shape index (κ1) is 31.0. The minimum Gasteiger partial charge on any atom is -0.278 e. The van der Waals surface area contributed by atoms with Crippen LogP contribution in [0.2, 0.25) is 0 Å². The Labute approximate surface area is 324 Å². The summed E-state index contributed by atoms with van der Waals surface area (Å²) in [5, 5.41) is 2.36. The van der Waals surface area contributed by atoms with E-state index in [0.29, 0.717) is 5.95 Å². The molecule has 0 fully saturated rings. The minimum atomic E-state index is -0.457. The smallest absolute Gasteiger partial charge is 0.235 e. The van der Waals surface area contributed by atoms with Gasteiger partial charge in [0.15, 0.2) is 0 Å². The SMILES string of the molecule is c1ccc(-c2cc(-c3ccccc3-c3ccccc3)nc(-n3c4ccccc4c4cc5c(cc43)C3(c4ccccc4-c4ccccc43)c3ccccc3-5)n2)cc1. The molecular formula is C53H33N3. The summed E-state index contributed by atoms with van der Waals surface area (Å²) in [6, 6.07) is 72.4. The van der Waals surface area contributed by atoms with Crippen molar-refractivity contribution in [1.82, 2.24) is 14.5 Å². The Kier molecular flexibility index (Phi) is 6.55. The standard InChI is InChI=1S/C53H33N3/c1-3-17-34(18-4-1)36-21-7-8-25-40(36)49-33-48(35-19-5-2-6-20-35)54-52(55-49)56-50-30-16-12-26-41(50)43-31-42-39-24-11-15-29-46(39)53(47(42)32-51(43)56)44-27-13-9-22-37(44)38-23-10-14-28-45(38)53/h1-33H. The van der Waals surface area contributed by atoms with Crippen molar-refractivity contribution >= 4 is 21.8 Å². The molecule has 0 N–H and O–H groups in total. The fourth-order valence-corrected chi connectivity index (χ4v) is 9.77. The summed E-state index contributed by atoms with van der Waals surface area (Å²) >= 11 is 0. The molecule has 2 aliphatic carbocycles. The lowest BCUT2D eigenvalue weighted by molar-refractivity contribution is 0.794. The molecule has 56 heavy (non-hydrogen) atoms. The largest absolute Gasteiger partial charge is 0.278 e. The third-order valence-electron chi connectivity index (χ3n) is 12.1. The van der Waals surface area contributed by atoms with E-state index in [9.17, 15) is 0 Å². The molecule has 0 atom stereocenters. The average molecular weight is 712 g/mol. The van der Waals surface area contributed by atoms with Crippen molar-refractivity contribution in [3.8, 4) is 61.8 Å². The Morgan fingerprint density at radius 2 is 0.821 bits per heavy atom. The van der Waals surface area contributed by atoms with Crippen LogP contribution in [0.5, 0.6) is 0 Å². The van der Waals surface area contributed by atoms with Gasteiger partial charge in [-0.15, -0.1) is 0 Å². The number of benzene rings is 8. The fourth-order valence-electron chi connectivity index (χ4n) is 9.77. The second-order valence-electron chi connectivity index (χ2n) is 14.9. The maximum Gasteiger partial charge on any atom is 0.235 e. The van der Waals surface area contributed by atoms with Crippen LogP contribution in [0.25, 0.3) is 83.6 Å². The van der Waals surface area contributed by atoms with Crippen LogP contribution in [0.4, 0.5) is 0 Å². The average Bonchev–Trinajstić information content (AvgIpc) is 3.87. The summed E-state index contributed by atoms with van der Waals surface area (Å²) in [6.07, 6.45) is 0. The van der Waals surface area contributed by atoms with Crippen molar-refractivity contribution in [1.29, 1.82) is 0 Å². The number of rotatable bonds is 4. The van der Waals surface area contributed by atoms with Crippen LogP contribution in [0, 0.1) is 0 Å². The van der Waals surface area contributed by atoms with Gasteiger partial charge in [-0.1, -0.05) is 176 Å². The first-order valence-electron chi connectivity index (χ1n) is 19.3. The van der Waals surface area contributed by atoms with E-state index in [0.717, 1.165) is 44.7 Å². The zero-order valence-electron chi connectivity index (χ0n) is 30.4. The van der Waals surface area contributed by atoms with Crippen LogP contribution in [-0.2, 0) is 5.41 Å². The zero-order valence-corrected chi connectivity index (χ0v) is 30.4. The molecule has 260 valence electrons. The summed E-state index contributed by atoms with van der Waals surface area (Å²) < 4.78 is 2.30. The third kappa shape index (κ3) is 4.22. The predicted molar refractivity (Wildman–Crippen MR) is 229 cm³/mol. The van der Waals surface area contributed by atoms with E-state index in [4.69, 9.17) is 9.97 Å². The molecule has 12 rings (SSSR count). The van der Waals surface area contributed by atoms with E-state index in [1.165, 1.54) is 55.3 Å². The second-order valence-corrected chi connectivity index (χ2v) is 14.9. The van der Waals surface area contributed by atoms with Gasteiger partial charge in [-0.2, -0.15) is 0 Å². The highest BCUT2D eigenvalue weighted by Crippen LogP contribution is 2.63. The molecule has 8 aromatic carbocycles. The van der Waals surface area contributed by atoms with E-state index in [1.807, 2.05) is 0 Å². The van der Waals surface area contributed by atoms with E-state index in [-0.39, 0.29) is 0 Å². The van der Waals surface area contributed by atoms with Gasteiger partial charge in [0.25, 0.3) is 0 Å². The van der Waals surface area contributed by atoms with Crippen LogP contribution in [0.3, 0.4) is 0 Å². The molecule has 0 saturated heterocycles. The van der Waals surface area contributed by atoms with E-state index >= 15 is 0 Å². The lowest BCUT2D eigenvalue weighted by Gasteiger charge is -2.30. The molecule has 3 nitrogen and oxygen atoms in total. The monoisotopic (exact) mass is 711 g/mol. The van der Waals surface area contributed by atoms with Crippen molar-refractivity contribution in [3.63, 3.8) is 0 Å². The fraction of sp³-hybridized carbons (Fsp3) is 0.0189. The summed E-state index contributed by atoms with van der Waals surface area (Å²) in [4.78, 5) is 10.9. The summed E-state index contributed by atoms with van der Waals surface area (Å²) in [5.41, 5.74) is 18.3. The highest BCUT2D eigenvalue weighted by molar-refractivity contribution is 6.12. The molecule has 2 heterocycles. The highest BCUT2D eigenvalue weighted by Gasteiger charge is 2.51. The van der Waals surface area contributed by atoms with Gasteiger partial charge in [0.1, 0.15) is 0 Å². The van der Waals surface area contributed by atoms with Gasteiger partial charge in [-0.05, 0) is 79.9 Å². The molecule has 0 radical (unpaired) electrons. The molecule has 1 spiro atoms. The van der Waals surface area contributed by atoms with E-state index < -0.39 is 5.41 Å². The van der Waals surface area contributed by atoms with Crippen molar-refractivity contribution in [2.45, 2.75) is 5.41 Å². The predicted octanol–water partition coefficient (Wildman–Crippen LogP) is 12.9. The van der Waals surface area contributed by atoms with Crippen molar-refractivity contribution in [2.75, 3.05) is 0 Å². The number of hydrogen-bond acceptors (Lipinski definition) is 2. The Bertz CT molecular complexity index is 3150. The van der Waals surface area contributed by atoms with Gasteiger partial charge in [0.2, 0.25) is 5.95 Å². The van der Waals surface area contributed by atoms with Crippen LogP contribution >= 0.6 is 0 Å². The zero-order chi connectivity index (χ0) is 36.8. The molecule has 2 aromatic heterocycles. The molecule has 10 aromatic rings. The number of nitrogens with zero attached hydrogens (tertiary/aromatic N) is 3. The first-order valence-corrected chi connectivity index (χ1v) is 19.3. The number of para-hydroxylation sites is 1. The Hall–Kier alpha value is -7.36. The van der Waals surface area contributed by atoms with Crippen molar-refractivity contribution in [3.05, 3.63) is 222 Å². The number of aromatic nitrogens is 3. The Morgan fingerprint density at radius 3 is 1.48 bits per heavy atom. The van der Waals surface area contributed by atoms with Crippen LogP contribution in [-0.4, -0.2) is 14.5 Å². The Morgan fingerprint density at radius 1 is 0.321 bits per heavy atom. The van der Waals surface area contributed by atoms with Gasteiger partial charge in [0, 0.05) is 21.9 Å². The van der Waals surface area contributed by atoms with E-state index in [2.05, 4.69) is 205 Å². The van der Waals surface area contributed by atoms with Crippen LogP contribution in [0.15, 0.2) is 200 Å². The lowest BCUT2D eigenvalue weighted by Crippen LogP contribution is -2.25. The van der Waals surface area contributed by atoms with Gasteiger partial charge in [0.05, 0.1) is 27.8 Å². The highest BCUT2D eigenvalue weighted by atomic mass is 15.2. The molecular weight excluding hydrogens is 679 g/mol. The van der Waals surface area contributed by atoms with E-state index in [1.54, 1.807) is 0 Å². The maximum atomic E-state index is 5.50. The van der Waals surface area contributed by atoms with Crippen LogP contribution < -0.4 is 0 Å². The lowest BCUT2D eigenvalue weighted by atomic mass is 9.70. The third-order valence-corrected chi connectivity index (χ3v) is 12.1. The molecule has 0 bridgehead atoms. The van der Waals surface area contributed by atoms with Gasteiger partial charge >= 0.3 is 0 Å². The molecule has 0 amide bonds. The van der Waals surface area contributed by atoms with Crippen molar-refractivity contribution in [2.24, 2.45) is 0 Å². The summed E-state index contributed by atoms with van der Waals surface area (Å²) in [7, 11) is 0. The number of fused-ring (bicyclic) bond motifs is 13. The molecule has 0 aliphatic heterocycles. The maximum absolute atomic E-state index is 5.50. The molecule has 3 heteroatoms. The Balaban J connectivity index is 1.19. The quantitative estimate of drug-likeness (QED) is 0.182. The summed E-state index contributed by atoms with van der Waals surface area (Å²) in [5.74, 6) is 0.646. The first-order chi connectivity index (χ1) is 27.8. The normalized spacial score (nSPS) is 13.1. The molecule has 2 aliphatic rings. The number of hydrogen-bond donors (Lipinski definition) is 0.